The van der Waals surface area contributed by atoms with Gasteiger partial charge in [-0.05, 0) is 37.1 Å². The third kappa shape index (κ3) is 7.40. The Balaban J connectivity index is 1.96. The van der Waals surface area contributed by atoms with Crippen LogP contribution in [0.25, 0.3) is 0 Å². The molecule has 1 amide bonds. The predicted octanol–water partition coefficient (Wildman–Crippen LogP) is 3.30. The minimum atomic E-state index is -2.96. The zero-order valence-corrected chi connectivity index (χ0v) is 18.8. The molecular weight excluding hydrogens is 418 g/mol. The van der Waals surface area contributed by atoms with Crippen molar-refractivity contribution in [1.29, 1.82) is 0 Å². The Morgan fingerprint density at radius 3 is 2.56 bits per heavy atom. The minimum Gasteiger partial charge on any atom is -0.490 e. The molecule has 0 heterocycles. The summed E-state index contributed by atoms with van der Waals surface area (Å²) in [5.74, 6) is 0.737. The lowest BCUT2D eigenvalue weighted by atomic mass is 10.1. The molecule has 0 aliphatic heterocycles. The van der Waals surface area contributed by atoms with E-state index in [2.05, 4.69) is 15.6 Å². The highest BCUT2D eigenvalue weighted by Crippen LogP contribution is 2.32. The van der Waals surface area contributed by atoms with Gasteiger partial charge in [0.1, 0.15) is 0 Å². The fourth-order valence-electron chi connectivity index (χ4n) is 3.04. The Hall–Kier alpha value is -3.36. The highest BCUT2D eigenvalue weighted by molar-refractivity contribution is 5.94. The molecule has 0 aliphatic carbocycles. The fraction of sp³-hybridized carbons (Fsp3) is 0.391. The summed E-state index contributed by atoms with van der Waals surface area (Å²) in [6.45, 7) is -0.0626. The van der Waals surface area contributed by atoms with Gasteiger partial charge in [-0.25, -0.2) is 0 Å². The monoisotopic (exact) mass is 448 g/mol. The van der Waals surface area contributed by atoms with Crippen LogP contribution < -0.4 is 20.1 Å². The largest absolute Gasteiger partial charge is 0.490 e. The van der Waals surface area contributed by atoms with Crippen LogP contribution in [0.5, 0.6) is 11.5 Å². The number of carbonyl (C=O) groups is 1. The van der Waals surface area contributed by atoms with Gasteiger partial charge in [-0.3, -0.25) is 9.79 Å². The first-order chi connectivity index (χ1) is 15.3. The number of alkyl halides is 2. The maximum absolute atomic E-state index is 12.9. The van der Waals surface area contributed by atoms with E-state index in [-0.39, 0.29) is 24.0 Å². The van der Waals surface area contributed by atoms with Gasteiger partial charge < -0.3 is 25.0 Å². The van der Waals surface area contributed by atoms with E-state index < -0.39 is 6.61 Å². The molecule has 2 aromatic rings. The van der Waals surface area contributed by atoms with Crippen molar-refractivity contribution in [3.63, 3.8) is 0 Å². The first kappa shape index (κ1) is 24.9. The van der Waals surface area contributed by atoms with E-state index in [1.165, 1.54) is 4.90 Å². The van der Waals surface area contributed by atoms with Crippen LogP contribution in [0.1, 0.15) is 28.4 Å². The van der Waals surface area contributed by atoms with E-state index in [0.29, 0.717) is 36.7 Å². The van der Waals surface area contributed by atoms with Crippen LogP contribution >= 0.6 is 0 Å². The van der Waals surface area contributed by atoms with Gasteiger partial charge in [-0.1, -0.05) is 24.3 Å². The number of hydrogen-bond acceptors (Lipinski definition) is 4. The summed E-state index contributed by atoms with van der Waals surface area (Å²) in [6, 6.07) is 12.5. The highest BCUT2D eigenvalue weighted by Gasteiger charge is 2.16. The second-order valence-electron chi connectivity index (χ2n) is 7.06. The minimum absolute atomic E-state index is 0.00896. The zero-order valence-electron chi connectivity index (χ0n) is 18.8. The molecular formula is C23H30F2N4O3. The van der Waals surface area contributed by atoms with Gasteiger partial charge in [0.2, 0.25) is 0 Å². The normalized spacial score (nSPS) is 11.3. The number of nitrogens with one attached hydrogen (secondary N) is 2. The highest BCUT2D eigenvalue weighted by atomic mass is 19.3. The van der Waals surface area contributed by atoms with Crippen molar-refractivity contribution < 1.29 is 23.0 Å². The SMILES string of the molecule is CCOc1cccc(CNC(=NC)NCCc2cccc(C(=O)N(C)C)c2)c1OC(F)F. The second-order valence-corrected chi connectivity index (χ2v) is 7.06. The average molecular weight is 449 g/mol. The van der Waals surface area contributed by atoms with Gasteiger partial charge in [-0.2, -0.15) is 8.78 Å². The summed E-state index contributed by atoms with van der Waals surface area (Å²) in [5, 5.41) is 6.28. The summed E-state index contributed by atoms with van der Waals surface area (Å²) in [7, 11) is 5.06. The van der Waals surface area contributed by atoms with Crippen LogP contribution in [0.2, 0.25) is 0 Å². The molecule has 0 saturated heterocycles. The van der Waals surface area contributed by atoms with Gasteiger partial charge in [0.25, 0.3) is 5.91 Å². The Kier molecular flexibility index (Phi) is 9.72. The van der Waals surface area contributed by atoms with E-state index in [1.807, 2.05) is 18.2 Å². The number of amides is 1. The van der Waals surface area contributed by atoms with Gasteiger partial charge in [-0.15, -0.1) is 0 Å². The average Bonchev–Trinajstić information content (AvgIpc) is 2.77. The summed E-state index contributed by atoms with van der Waals surface area (Å²) >= 11 is 0. The molecule has 0 radical (unpaired) electrons. The lowest BCUT2D eigenvalue weighted by Crippen LogP contribution is -2.38. The zero-order chi connectivity index (χ0) is 23.5. The van der Waals surface area contributed by atoms with Crippen LogP contribution in [0.4, 0.5) is 8.78 Å². The van der Waals surface area contributed by atoms with Crippen LogP contribution in [-0.4, -0.2) is 57.7 Å². The molecule has 0 spiro atoms. The van der Waals surface area contributed by atoms with Gasteiger partial charge in [0.15, 0.2) is 17.5 Å². The van der Waals surface area contributed by atoms with E-state index in [4.69, 9.17) is 9.47 Å². The molecule has 0 bridgehead atoms. The van der Waals surface area contributed by atoms with Crippen molar-refractivity contribution >= 4 is 11.9 Å². The van der Waals surface area contributed by atoms with E-state index in [0.717, 1.165) is 5.56 Å². The number of rotatable bonds is 10. The molecule has 32 heavy (non-hydrogen) atoms. The van der Waals surface area contributed by atoms with Crippen molar-refractivity contribution in [1.82, 2.24) is 15.5 Å². The van der Waals surface area contributed by atoms with Crippen LogP contribution in [0.3, 0.4) is 0 Å². The molecule has 2 aromatic carbocycles. The van der Waals surface area contributed by atoms with Crippen molar-refractivity contribution in [2.45, 2.75) is 26.5 Å². The van der Waals surface area contributed by atoms with Gasteiger partial charge in [0.05, 0.1) is 6.61 Å². The number of hydrogen-bond donors (Lipinski definition) is 2. The number of aliphatic imine (C=N–C) groups is 1. The maximum Gasteiger partial charge on any atom is 0.387 e. The van der Waals surface area contributed by atoms with Crippen molar-refractivity contribution in [3.8, 4) is 11.5 Å². The molecule has 0 unspecified atom stereocenters. The number of carbonyl (C=O) groups excluding carboxylic acids is 1. The Morgan fingerprint density at radius 1 is 1.16 bits per heavy atom. The number of halogens is 2. The number of para-hydroxylation sites is 1. The van der Waals surface area contributed by atoms with Crippen LogP contribution in [-0.2, 0) is 13.0 Å². The molecule has 9 heteroatoms. The second kappa shape index (κ2) is 12.5. The topological polar surface area (TPSA) is 75.2 Å². The molecule has 0 aliphatic rings. The quantitative estimate of drug-likeness (QED) is 0.431. The molecule has 174 valence electrons. The van der Waals surface area contributed by atoms with Crippen molar-refractivity contribution in [2.24, 2.45) is 4.99 Å². The standard InChI is InChI=1S/C23H30F2N4O3/c1-5-31-19-11-7-10-18(20(19)32-22(24)25)15-28-23(26-2)27-13-12-16-8-6-9-17(14-16)21(30)29(3)4/h6-11,14,22H,5,12-13,15H2,1-4H3,(H2,26,27,28). The summed E-state index contributed by atoms with van der Waals surface area (Å²) < 4.78 is 35.9. The van der Waals surface area contributed by atoms with Crippen LogP contribution in [0, 0.1) is 0 Å². The van der Waals surface area contributed by atoms with Crippen molar-refractivity contribution in [3.05, 3.63) is 59.2 Å². The van der Waals surface area contributed by atoms with Gasteiger partial charge in [0, 0.05) is 45.4 Å². The summed E-state index contributed by atoms with van der Waals surface area (Å²) in [5.41, 5.74) is 2.17. The third-order valence-electron chi connectivity index (χ3n) is 4.52. The predicted molar refractivity (Wildman–Crippen MR) is 121 cm³/mol. The van der Waals surface area contributed by atoms with E-state index in [9.17, 15) is 13.6 Å². The molecule has 2 rings (SSSR count). The molecule has 2 N–H and O–H groups in total. The molecule has 0 atom stereocenters. The number of ether oxygens (including phenoxy) is 2. The molecule has 0 fully saturated rings. The van der Waals surface area contributed by atoms with Crippen molar-refractivity contribution in [2.75, 3.05) is 34.3 Å². The number of guanidine groups is 1. The third-order valence-corrected chi connectivity index (χ3v) is 4.52. The summed E-state index contributed by atoms with van der Waals surface area (Å²) in [6.07, 6.45) is 0.675. The number of nitrogens with zero attached hydrogens (tertiary/aromatic N) is 2. The van der Waals surface area contributed by atoms with E-state index >= 15 is 0 Å². The maximum atomic E-state index is 12.9. The lowest BCUT2D eigenvalue weighted by Gasteiger charge is -2.17. The Morgan fingerprint density at radius 2 is 1.91 bits per heavy atom. The first-order valence-corrected chi connectivity index (χ1v) is 10.3. The van der Waals surface area contributed by atoms with E-state index in [1.54, 1.807) is 52.3 Å². The van der Waals surface area contributed by atoms with Gasteiger partial charge >= 0.3 is 6.61 Å². The smallest absolute Gasteiger partial charge is 0.387 e. The first-order valence-electron chi connectivity index (χ1n) is 10.3. The number of benzene rings is 2. The molecule has 0 aromatic heterocycles. The fourth-order valence-corrected chi connectivity index (χ4v) is 3.04. The Bertz CT molecular complexity index is 920. The Labute approximate surface area is 187 Å². The molecule has 7 nitrogen and oxygen atoms in total. The summed E-state index contributed by atoms with van der Waals surface area (Å²) in [4.78, 5) is 17.8. The van der Waals surface area contributed by atoms with Crippen LogP contribution in [0.15, 0.2) is 47.5 Å². The molecule has 0 saturated carbocycles. The lowest BCUT2D eigenvalue weighted by molar-refractivity contribution is -0.0520.